The van der Waals surface area contributed by atoms with E-state index in [1.165, 1.54) is 16.7 Å². The summed E-state index contributed by atoms with van der Waals surface area (Å²) in [6.07, 6.45) is 1.09. The Morgan fingerprint density at radius 2 is 2.20 bits per heavy atom. The minimum atomic E-state index is 0.132. The number of aryl methyl sites for hydroxylation is 2. The number of rotatable bonds is 2. The van der Waals surface area contributed by atoms with Gasteiger partial charge >= 0.3 is 0 Å². The number of hydrogen-bond donors (Lipinski definition) is 1. The normalized spacial score (nSPS) is 23.0. The minimum Gasteiger partial charge on any atom is -0.381 e. The molecule has 2 atom stereocenters. The fraction of sp³-hybridized carbons (Fsp3) is 0.538. The molecule has 2 N–H and O–H groups in total. The Morgan fingerprint density at radius 3 is 2.87 bits per heavy atom. The third-order valence-electron chi connectivity index (χ3n) is 3.27. The summed E-state index contributed by atoms with van der Waals surface area (Å²) in [4.78, 5) is 0. The lowest BCUT2D eigenvalue weighted by Crippen LogP contribution is -2.22. The molecule has 0 saturated carbocycles. The van der Waals surface area contributed by atoms with Gasteiger partial charge in [-0.3, -0.25) is 0 Å². The van der Waals surface area contributed by atoms with Gasteiger partial charge in [0.25, 0.3) is 0 Å². The summed E-state index contributed by atoms with van der Waals surface area (Å²) in [5, 5.41) is 0. The van der Waals surface area contributed by atoms with Gasteiger partial charge in [0.05, 0.1) is 6.61 Å². The van der Waals surface area contributed by atoms with Gasteiger partial charge in [-0.05, 0) is 31.4 Å². The van der Waals surface area contributed by atoms with Crippen LogP contribution in [0.25, 0.3) is 0 Å². The fourth-order valence-corrected chi connectivity index (χ4v) is 2.21. The third-order valence-corrected chi connectivity index (χ3v) is 3.27. The molecule has 2 unspecified atom stereocenters. The van der Waals surface area contributed by atoms with Crippen molar-refractivity contribution < 1.29 is 4.74 Å². The minimum absolute atomic E-state index is 0.132. The standard InChI is InChI=1S/C13H19NO/c1-9-3-4-10(2)12(7-9)13(14)11-5-6-15-8-11/h3-4,7,11,13H,5-6,8,14H2,1-2H3. The van der Waals surface area contributed by atoms with Crippen LogP contribution < -0.4 is 5.73 Å². The van der Waals surface area contributed by atoms with Crippen molar-refractivity contribution in [2.24, 2.45) is 11.7 Å². The topological polar surface area (TPSA) is 35.2 Å². The Morgan fingerprint density at radius 1 is 1.40 bits per heavy atom. The van der Waals surface area contributed by atoms with Crippen LogP contribution in [0.2, 0.25) is 0 Å². The predicted octanol–water partition coefficient (Wildman–Crippen LogP) is 2.34. The van der Waals surface area contributed by atoms with Crippen molar-refractivity contribution in [2.45, 2.75) is 26.3 Å². The lowest BCUT2D eigenvalue weighted by Gasteiger charge is -2.20. The first-order valence-corrected chi connectivity index (χ1v) is 5.59. The molecule has 1 saturated heterocycles. The first-order chi connectivity index (χ1) is 7.18. The SMILES string of the molecule is Cc1ccc(C)c(C(N)C2CCOC2)c1. The summed E-state index contributed by atoms with van der Waals surface area (Å²) >= 11 is 0. The Bertz CT molecular complexity index is 342. The number of hydrogen-bond acceptors (Lipinski definition) is 2. The van der Waals surface area contributed by atoms with Crippen LogP contribution in [-0.2, 0) is 4.74 Å². The number of benzene rings is 1. The molecular formula is C13H19NO. The van der Waals surface area contributed by atoms with Crippen molar-refractivity contribution in [3.8, 4) is 0 Å². The van der Waals surface area contributed by atoms with Gasteiger partial charge in [-0.1, -0.05) is 23.8 Å². The Labute approximate surface area is 91.4 Å². The maximum Gasteiger partial charge on any atom is 0.0513 e. The van der Waals surface area contributed by atoms with E-state index in [2.05, 4.69) is 32.0 Å². The van der Waals surface area contributed by atoms with Crippen LogP contribution in [-0.4, -0.2) is 13.2 Å². The molecule has 1 aliphatic rings. The quantitative estimate of drug-likeness (QED) is 0.804. The molecular weight excluding hydrogens is 186 g/mol. The average molecular weight is 205 g/mol. The van der Waals surface area contributed by atoms with E-state index in [-0.39, 0.29) is 6.04 Å². The molecule has 1 aromatic rings. The van der Waals surface area contributed by atoms with E-state index in [1.54, 1.807) is 0 Å². The summed E-state index contributed by atoms with van der Waals surface area (Å²) in [7, 11) is 0. The van der Waals surface area contributed by atoms with E-state index >= 15 is 0 Å². The molecule has 15 heavy (non-hydrogen) atoms. The van der Waals surface area contributed by atoms with E-state index in [0.717, 1.165) is 19.6 Å². The molecule has 2 heteroatoms. The van der Waals surface area contributed by atoms with Crippen molar-refractivity contribution in [1.29, 1.82) is 0 Å². The smallest absolute Gasteiger partial charge is 0.0513 e. The molecule has 0 bridgehead atoms. The van der Waals surface area contributed by atoms with E-state index in [4.69, 9.17) is 10.5 Å². The van der Waals surface area contributed by atoms with Gasteiger partial charge in [0.2, 0.25) is 0 Å². The van der Waals surface area contributed by atoms with Gasteiger partial charge in [-0.25, -0.2) is 0 Å². The van der Waals surface area contributed by atoms with Crippen molar-refractivity contribution >= 4 is 0 Å². The molecule has 2 rings (SSSR count). The molecule has 1 aliphatic heterocycles. The zero-order valence-electron chi connectivity index (χ0n) is 9.49. The zero-order valence-corrected chi connectivity index (χ0v) is 9.49. The predicted molar refractivity (Wildman–Crippen MR) is 61.8 cm³/mol. The molecule has 1 fully saturated rings. The zero-order chi connectivity index (χ0) is 10.8. The lowest BCUT2D eigenvalue weighted by atomic mass is 9.89. The largest absolute Gasteiger partial charge is 0.381 e. The first-order valence-electron chi connectivity index (χ1n) is 5.59. The van der Waals surface area contributed by atoms with Crippen LogP contribution in [0, 0.1) is 19.8 Å². The molecule has 1 aromatic carbocycles. The second-order valence-electron chi connectivity index (χ2n) is 4.51. The van der Waals surface area contributed by atoms with Gasteiger partial charge < -0.3 is 10.5 Å². The highest BCUT2D eigenvalue weighted by Crippen LogP contribution is 2.28. The molecule has 0 aromatic heterocycles. The molecule has 1 heterocycles. The van der Waals surface area contributed by atoms with Crippen molar-refractivity contribution in [3.05, 3.63) is 34.9 Å². The van der Waals surface area contributed by atoms with Gasteiger partial charge in [-0.15, -0.1) is 0 Å². The van der Waals surface area contributed by atoms with E-state index in [1.807, 2.05) is 0 Å². The highest BCUT2D eigenvalue weighted by molar-refractivity contribution is 5.33. The number of ether oxygens (including phenoxy) is 1. The van der Waals surface area contributed by atoms with Crippen LogP contribution in [0.5, 0.6) is 0 Å². The summed E-state index contributed by atoms with van der Waals surface area (Å²) in [6.45, 7) is 5.92. The molecule has 0 radical (unpaired) electrons. The molecule has 82 valence electrons. The van der Waals surface area contributed by atoms with Crippen LogP contribution in [0.4, 0.5) is 0 Å². The van der Waals surface area contributed by atoms with Gasteiger partial charge in [-0.2, -0.15) is 0 Å². The molecule has 0 aliphatic carbocycles. The summed E-state index contributed by atoms with van der Waals surface area (Å²) in [5.41, 5.74) is 10.1. The second-order valence-corrected chi connectivity index (χ2v) is 4.51. The Balaban J connectivity index is 2.23. The van der Waals surface area contributed by atoms with Crippen molar-refractivity contribution in [1.82, 2.24) is 0 Å². The highest BCUT2D eigenvalue weighted by atomic mass is 16.5. The monoisotopic (exact) mass is 205 g/mol. The van der Waals surface area contributed by atoms with Crippen LogP contribution in [0.3, 0.4) is 0 Å². The summed E-state index contributed by atoms with van der Waals surface area (Å²) in [5.74, 6) is 0.491. The summed E-state index contributed by atoms with van der Waals surface area (Å²) < 4.78 is 5.39. The number of nitrogens with two attached hydrogens (primary N) is 1. The van der Waals surface area contributed by atoms with Crippen LogP contribution in [0.1, 0.15) is 29.2 Å². The Kier molecular flexibility index (Phi) is 3.08. The first kappa shape index (κ1) is 10.7. The second kappa shape index (κ2) is 4.33. The highest BCUT2D eigenvalue weighted by Gasteiger charge is 2.24. The van der Waals surface area contributed by atoms with Crippen LogP contribution >= 0.6 is 0 Å². The summed E-state index contributed by atoms with van der Waals surface area (Å²) in [6, 6.07) is 6.63. The van der Waals surface area contributed by atoms with Gasteiger partial charge in [0.1, 0.15) is 0 Å². The lowest BCUT2D eigenvalue weighted by molar-refractivity contribution is 0.181. The van der Waals surface area contributed by atoms with Crippen LogP contribution in [0.15, 0.2) is 18.2 Å². The molecule has 2 nitrogen and oxygen atoms in total. The maximum atomic E-state index is 6.29. The average Bonchev–Trinajstić information content (AvgIpc) is 2.74. The molecule has 0 spiro atoms. The fourth-order valence-electron chi connectivity index (χ4n) is 2.21. The van der Waals surface area contributed by atoms with Gasteiger partial charge in [0.15, 0.2) is 0 Å². The van der Waals surface area contributed by atoms with Crippen molar-refractivity contribution in [3.63, 3.8) is 0 Å². The van der Waals surface area contributed by atoms with Gasteiger partial charge in [0, 0.05) is 18.6 Å². The maximum absolute atomic E-state index is 6.29. The van der Waals surface area contributed by atoms with E-state index in [0.29, 0.717) is 5.92 Å². The van der Waals surface area contributed by atoms with Crippen molar-refractivity contribution in [2.75, 3.05) is 13.2 Å². The Hall–Kier alpha value is -0.860. The molecule has 0 amide bonds. The third kappa shape index (κ3) is 2.21. The van der Waals surface area contributed by atoms with E-state index in [9.17, 15) is 0 Å². The van der Waals surface area contributed by atoms with E-state index < -0.39 is 0 Å².